The SMILES string of the molecule is O=C(C1CCN(CC(O)COc2ccccc2F)CC1)N1CCCCCC1. The number of hydrogen-bond acceptors (Lipinski definition) is 4. The van der Waals surface area contributed by atoms with Gasteiger partial charge in [-0.05, 0) is 50.9 Å². The molecule has 0 spiro atoms. The molecule has 1 aromatic carbocycles. The standard InChI is InChI=1S/C21H31FN2O3/c22-19-7-3-4-8-20(19)27-16-18(25)15-23-13-9-17(10-14-23)21(26)24-11-5-1-2-6-12-24/h3-4,7-8,17-18,25H,1-2,5-6,9-16H2. The molecule has 0 bridgehead atoms. The molecule has 1 unspecified atom stereocenters. The number of hydrogen-bond donors (Lipinski definition) is 1. The summed E-state index contributed by atoms with van der Waals surface area (Å²) in [6.45, 7) is 3.98. The molecule has 0 radical (unpaired) electrons. The molecule has 1 aromatic rings. The highest BCUT2D eigenvalue weighted by molar-refractivity contribution is 5.79. The second kappa shape index (κ2) is 10.0. The second-order valence-electron chi connectivity index (χ2n) is 7.71. The molecule has 6 heteroatoms. The summed E-state index contributed by atoms with van der Waals surface area (Å²) in [4.78, 5) is 17.0. The van der Waals surface area contributed by atoms with E-state index >= 15 is 0 Å². The zero-order valence-corrected chi connectivity index (χ0v) is 16.0. The van der Waals surface area contributed by atoms with E-state index in [-0.39, 0.29) is 18.3 Å². The summed E-state index contributed by atoms with van der Waals surface area (Å²) in [7, 11) is 0. The maximum absolute atomic E-state index is 13.5. The summed E-state index contributed by atoms with van der Waals surface area (Å²) in [6.07, 6.45) is 5.72. The lowest BCUT2D eigenvalue weighted by Crippen LogP contribution is -2.45. The lowest BCUT2D eigenvalue weighted by Gasteiger charge is -2.34. The van der Waals surface area contributed by atoms with E-state index in [0.29, 0.717) is 12.5 Å². The molecule has 0 aromatic heterocycles. The zero-order valence-electron chi connectivity index (χ0n) is 16.0. The minimum absolute atomic E-state index is 0.0631. The van der Waals surface area contributed by atoms with Gasteiger partial charge in [0.25, 0.3) is 0 Å². The van der Waals surface area contributed by atoms with E-state index in [2.05, 4.69) is 9.80 Å². The van der Waals surface area contributed by atoms with Crippen LogP contribution in [0.3, 0.4) is 0 Å². The fourth-order valence-corrected chi connectivity index (χ4v) is 4.01. The lowest BCUT2D eigenvalue weighted by atomic mass is 9.95. The van der Waals surface area contributed by atoms with E-state index in [1.165, 1.54) is 18.9 Å². The van der Waals surface area contributed by atoms with E-state index in [0.717, 1.165) is 51.9 Å². The van der Waals surface area contributed by atoms with Crippen LogP contribution in [0, 0.1) is 11.7 Å². The summed E-state index contributed by atoms with van der Waals surface area (Å²) < 4.78 is 18.9. The van der Waals surface area contributed by atoms with Crippen molar-refractivity contribution in [2.24, 2.45) is 5.92 Å². The summed E-state index contributed by atoms with van der Waals surface area (Å²) in [5, 5.41) is 10.2. The Morgan fingerprint density at radius 1 is 1.11 bits per heavy atom. The van der Waals surface area contributed by atoms with Gasteiger partial charge < -0.3 is 19.6 Å². The van der Waals surface area contributed by atoms with Crippen LogP contribution in [0.2, 0.25) is 0 Å². The third-order valence-corrected chi connectivity index (χ3v) is 5.59. The van der Waals surface area contributed by atoms with Crippen LogP contribution in [0.15, 0.2) is 24.3 Å². The summed E-state index contributed by atoms with van der Waals surface area (Å²) >= 11 is 0. The summed E-state index contributed by atoms with van der Waals surface area (Å²) in [6, 6.07) is 6.21. The van der Waals surface area contributed by atoms with Gasteiger partial charge in [0.2, 0.25) is 5.91 Å². The molecular weight excluding hydrogens is 347 g/mol. The Kier molecular flexibility index (Phi) is 7.47. The molecule has 2 aliphatic rings. The number of para-hydroxylation sites is 1. The number of halogens is 1. The maximum Gasteiger partial charge on any atom is 0.225 e. The predicted molar refractivity (Wildman–Crippen MR) is 102 cm³/mol. The average molecular weight is 378 g/mol. The molecular formula is C21H31FN2O3. The molecule has 27 heavy (non-hydrogen) atoms. The highest BCUT2D eigenvalue weighted by Gasteiger charge is 2.29. The number of amides is 1. The van der Waals surface area contributed by atoms with Crippen molar-refractivity contribution in [2.75, 3.05) is 39.3 Å². The molecule has 0 saturated carbocycles. The maximum atomic E-state index is 13.5. The molecule has 1 amide bonds. The number of piperidine rings is 1. The Morgan fingerprint density at radius 2 is 1.78 bits per heavy atom. The molecule has 150 valence electrons. The Morgan fingerprint density at radius 3 is 2.44 bits per heavy atom. The van der Waals surface area contributed by atoms with Crippen LogP contribution in [-0.2, 0) is 4.79 Å². The third-order valence-electron chi connectivity index (χ3n) is 5.59. The fraction of sp³-hybridized carbons (Fsp3) is 0.667. The quantitative estimate of drug-likeness (QED) is 0.827. The topological polar surface area (TPSA) is 53.0 Å². The Labute approximate surface area is 161 Å². The lowest BCUT2D eigenvalue weighted by molar-refractivity contribution is -0.137. The van der Waals surface area contributed by atoms with Gasteiger partial charge in [0, 0.05) is 25.6 Å². The molecule has 1 atom stereocenters. The molecule has 3 rings (SSSR count). The number of benzene rings is 1. The largest absolute Gasteiger partial charge is 0.488 e. The number of likely N-dealkylation sites (tertiary alicyclic amines) is 2. The average Bonchev–Trinajstić information content (AvgIpc) is 2.97. The number of aliphatic hydroxyl groups excluding tert-OH is 1. The van der Waals surface area contributed by atoms with Crippen LogP contribution in [0.4, 0.5) is 4.39 Å². The molecule has 2 fully saturated rings. The van der Waals surface area contributed by atoms with Gasteiger partial charge in [-0.2, -0.15) is 0 Å². The summed E-state index contributed by atoms with van der Waals surface area (Å²) in [5.74, 6) is 0.182. The monoisotopic (exact) mass is 378 g/mol. The number of rotatable bonds is 6. The van der Waals surface area contributed by atoms with Gasteiger partial charge in [-0.15, -0.1) is 0 Å². The van der Waals surface area contributed by atoms with Crippen molar-refractivity contribution in [1.82, 2.24) is 9.80 Å². The van der Waals surface area contributed by atoms with E-state index in [4.69, 9.17) is 4.74 Å². The number of aliphatic hydroxyl groups is 1. The second-order valence-corrected chi connectivity index (χ2v) is 7.71. The molecule has 1 N–H and O–H groups in total. The van der Waals surface area contributed by atoms with Crippen LogP contribution in [-0.4, -0.2) is 66.2 Å². The molecule has 2 saturated heterocycles. The van der Waals surface area contributed by atoms with E-state index < -0.39 is 11.9 Å². The molecule has 5 nitrogen and oxygen atoms in total. The highest BCUT2D eigenvalue weighted by Crippen LogP contribution is 2.22. The van der Waals surface area contributed by atoms with Crippen molar-refractivity contribution < 1.29 is 19.0 Å². The van der Waals surface area contributed by atoms with Crippen molar-refractivity contribution in [3.05, 3.63) is 30.1 Å². The first-order chi connectivity index (χ1) is 13.1. The summed E-state index contributed by atoms with van der Waals surface area (Å²) in [5.41, 5.74) is 0. The first-order valence-corrected chi connectivity index (χ1v) is 10.2. The number of nitrogens with zero attached hydrogens (tertiary/aromatic N) is 2. The van der Waals surface area contributed by atoms with Gasteiger partial charge in [0.1, 0.15) is 12.7 Å². The minimum atomic E-state index is -0.678. The number of β-amino-alcohol motifs (C(OH)–C–C–N with tert-alkyl or cyclic N) is 1. The van der Waals surface area contributed by atoms with Crippen LogP contribution in [0.1, 0.15) is 38.5 Å². The van der Waals surface area contributed by atoms with Gasteiger partial charge in [0.05, 0.1) is 0 Å². The number of carbonyl (C=O) groups excluding carboxylic acids is 1. The Bertz CT molecular complexity index is 597. The van der Waals surface area contributed by atoms with E-state index in [9.17, 15) is 14.3 Å². The van der Waals surface area contributed by atoms with E-state index in [1.807, 2.05) is 0 Å². The minimum Gasteiger partial charge on any atom is -0.488 e. The van der Waals surface area contributed by atoms with Crippen LogP contribution in [0.25, 0.3) is 0 Å². The smallest absolute Gasteiger partial charge is 0.225 e. The first kappa shape index (κ1) is 20.1. The predicted octanol–water partition coefficient (Wildman–Crippen LogP) is 2.68. The first-order valence-electron chi connectivity index (χ1n) is 10.2. The molecule has 2 heterocycles. The molecule has 0 aliphatic carbocycles. The van der Waals surface area contributed by atoms with Crippen molar-refractivity contribution in [2.45, 2.75) is 44.6 Å². The van der Waals surface area contributed by atoms with Crippen LogP contribution < -0.4 is 4.74 Å². The van der Waals surface area contributed by atoms with Gasteiger partial charge in [-0.1, -0.05) is 25.0 Å². The van der Waals surface area contributed by atoms with Crippen molar-refractivity contribution in [3.8, 4) is 5.75 Å². The molecule has 2 aliphatic heterocycles. The van der Waals surface area contributed by atoms with Crippen LogP contribution >= 0.6 is 0 Å². The third kappa shape index (κ3) is 5.91. The van der Waals surface area contributed by atoms with E-state index in [1.54, 1.807) is 18.2 Å². The zero-order chi connectivity index (χ0) is 19.1. The van der Waals surface area contributed by atoms with Gasteiger partial charge in [0.15, 0.2) is 11.6 Å². The van der Waals surface area contributed by atoms with Crippen LogP contribution in [0.5, 0.6) is 5.75 Å². The number of carbonyl (C=O) groups is 1. The number of ether oxygens (including phenoxy) is 1. The van der Waals surface area contributed by atoms with Crippen molar-refractivity contribution >= 4 is 5.91 Å². The van der Waals surface area contributed by atoms with Gasteiger partial charge in [-0.25, -0.2) is 4.39 Å². The van der Waals surface area contributed by atoms with Crippen molar-refractivity contribution in [1.29, 1.82) is 0 Å². The fourth-order valence-electron chi connectivity index (χ4n) is 4.01. The van der Waals surface area contributed by atoms with Gasteiger partial charge >= 0.3 is 0 Å². The van der Waals surface area contributed by atoms with Crippen molar-refractivity contribution in [3.63, 3.8) is 0 Å². The highest BCUT2D eigenvalue weighted by atomic mass is 19.1. The van der Waals surface area contributed by atoms with Gasteiger partial charge in [-0.3, -0.25) is 4.79 Å². The Balaban J connectivity index is 1.38. The Hall–Kier alpha value is -1.66. The normalized spacial score (nSPS) is 20.9.